The smallest absolute Gasteiger partial charge is 0.293 e. The molecule has 0 unspecified atom stereocenters. The van der Waals surface area contributed by atoms with Crippen LogP contribution < -0.4 is 19.5 Å². The number of hydrogen-bond donors (Lipinski definition) is 1. The van der Waals surface area contributed by atoms with E-state index in [-0.39, 0.29) is 10.6 Å². The second-order valence-electron chi connectivity index (χ2n) is 7.19. The lowest BCUT2D eigenvalue weighted by Crippen LogP contribution is -2.46. The minimum atomic E-state index is -4.01. The number of benzene rings is 2. The molecule has 1 saturated heterocycles. The topological polar surface area (TPSA) is 128 Å². The normalized spacial score (nSPS) is 17.0. The van der Waals surface area contributed by atoms with Gasteiger partial charge in [0.1, 0.15) is 18.9 Å². The second kappa shape index (κ2) is 8.09. The maximum Gasteiger partial charge on any atom is 0.293 e. The molecule has 0 amide bonds. The zero-order chi connectivity index (χ0) is 21.3. The van der Waals surface area contributed by atoms with Crippen molar-refractivity contribution in [1.82, 2.24) is 4.90 Å². The second-order valence-corrected chi connectivity index (χ2v) is 8.76. The van der Waals surface area contributed by atoms with Gasteiger partial charge in [-0.1, -0.05) is 6.07 Å². The molecular formula is C19H22N4O6S. The summed E-state index contributed by atoms with van der Waals surface area (Å²) in [7, 11) is -4.01. The molecule has 30 heavy (non-hydrogen) atoms. The fraction of sp³-hybridized carbons (Fsp3) is 0.368. The lowest BCUT2D eigenvalue weighted by Gasteiger charge is -2.36. The van der Waals surface area contributed by atoms with Crippen LogP contribution in [-0.4, -0.2) is 57.6 Å². The molecule has 2 N–H and O–H groups in total. The molecule has 2 aliphatic heterocycles. The van der Waals surface area contributed by atoms with Crippen molar-refractivity contribution < 1.29 is 22.8 Å². The van der Waals surface area contributed by atoms with E-state index in [1.165, 1.54) is 12.1 Å². The van der Waals surface area contributed by atoms with Gasteiger partial charge in [0.25, 0.3) is 5.69 Å². The Kier molecular flexibility index (Phi) is 5.50. The van der Waals surface area contributed by atoms with Crippen LogP contribution in [0.4, 0.5) is 11.4 Å². The highest BCUT2D eigenvalue weighted by atomic mass is 32.2. The summed E-state index contributed by atoms with van der Waals surface area (Å²) in [5, 5.41) is 16.6. The molecule has 2 aromatic carbocycles. The van der Waals surface area contributed by atoms with Gasteiger partial charge in [-0.05, 0) is 29.8 Å². The summed E-state index contributed by atoms with van der Waals surface area (Å²) in [5.74, 6) is 1.51. The van der Waals surface area contributed by atoms with E-state index in [2.05, 4.69) is 4.90 Å². The highest BCUT2D eigenvalue weighted by Crippen LogP contribution is 2.33. The molecule has 2 aliphatic rings. The van der Waals surface area contributed by atoms with Crippen molar-refractivity contribution in [3.8, 4) is 11.5 Å². The minimum absolute atomic E-state index is 0.262. The van der Waals surface area contributed by atoms with E-state index in [1.54, 1.807) is 0 Å². The first kappa shape index (κ1) is 20.4. The van der Waals surface area contributed by atoms with Crippen LogP contribution in [0.5, 0.6) is 11.5 Å². The van der Waals surface area contributed by atoms with Crippen LogP contribution in [0.3, 0.4) is 0 Å². The number of nitro benzene ring substituents is 1. The summed E-state index contributed by atoms with van der Waals surface area (Å²) in [6.45, 7) is 4.42. The van der Waals surface area contributed by atoms with Crippen molar-refractivity contribution in [3.05, 3.63) is 52.1 Å². The Labute approximate surface area is 174 Å². The average molecular weight is 434 g/mol. The Morgan fingerprint density at radius 1 is 1.00 bits per heavy atom. The van der Waals surface area contributed by atoms with Crippen LogP contribution >= 0.6 is 0 Å². The number of sulfonamides is 1. The Balaban J connectivity index is 1.44. The Bertz CT molecular complexity index is 1070. The number of nitrogens with two attached hydrogens (primary N) is 1. The maximum atomic E-state index is 11.5. The number of nitrogens with zero attached hydrogens (tertiary/aromatic N) is 3. The van der Waals surface area contributed by atoms with Gasteiger partial charge in [0.05, 0.1) is 9.82 Å². The molecule has 0 radical (unpaired) electrons. The van der Waals surface area contributed by atoms with Crippen molar-refractivity contribution in [2.75, 3.05) is 44.3 Å². The summed E-state index contributed by atoms with van der Waals surface area (Å²) < 4.78 is 34.2. The number of hydrogen-bond acceptors (Lipinski definition) is 8. The molecule has 10 nitrogen and oxygen atoms in total. The van der Waals surface area contributed by atoms with E-state index in [0.717, 1.165) is 29.7 Å². The Morgan fingerprint density at radius 3 is 2.37 bits per heavy atom. The fourth-order valence-electron chi connectivity index (χ4n) is 3.69. The third-order valence-electron chi connectivity index (χ3n) is 5.20. The van der Waals surface area contributed by atoms with Gasteiger partial charge in [-0.3, -0.25) is 15.0 Å². The number of fused-ring (bicyclic) bond motifs is 1. The Hall–Kier alpha value is -2.89. The van der Waals surface area contributed by atoms with Crippen LogP contribution in [0.1, 0.15) is 5.56 Å². The van der Waals surface area contributed by atoms with Gasteiger partial charge >= 0.3 is 0 Å². The summed E-state index contributed by atoms with van der Waals surface area (Å²) in [6, 6.07) is 9.69. The highest BCUT2D eigenvalue weighted by molar-refractivity contribution is 7.89. The monoisotopic (exact) mass is 434 g/mol. The average Bonchev–Trinajstić information content (AvgIpc) is 2.73. The molecule has 11 heteroatoms. The maximum absolute atomic E-state index is 11.5. The number of nitro groups is 1. The zero-order valence-electron chi connectivity index (χ0n) is 16.2. The molecule has 0 aromatic heterocycles. The van der Waals surface area contributed by atoms with Crippen molar-refractivity contribution in [2.24, 2.45) is 5.14 Å². The number of piperazine rings is 1. The SMILES string of the molecule is NS(=O)(=O)c1ccc(N2CCN(Cc3ccc4c(c3)OCCO4)CC2)c([N+](=O)[O-])c1. The van der Waals surface area contributed by atoms with Crippen LogP contribution in [0.15, 0.2) is 41.3 Å². The van der Waals surface area contributed by atoms with E-state index < -0.39 is 14.9 Å². The molecule has 160 valence electrons. The third kappa shape index (κ3) is 4.32. The number of ether oxygens (including phenoxy) is 2. The van der Waals surface area contributed by atoms with Crippen LogP contribution in [-0.2, 0) is 16.6 Å². The van der Waals surface area contributed by atoms with E-state index in [9.17, 15) is 18.5 Å². The van der Waals surface area contributed by atoms with Gasteiger partial charge in [0.15, 0.2) is 11.5 Å². The van der Waals surface area contributed by atoms with Crippen LogP contribution in [0, 0.1) is 10.1 Å². The Morgan fingerprint density at radius 2 is 1.70 bits per heavy atom. The van der Waals surface area contributed by atoms with Crippen molar-refractivity contribution >= 4 is 21.4 Å². The van der Waals surface area contributed by atoms with Crippen LogP contribution in [0.2, 0.25) is 0 Å². The standard InChI is InChI=1S/C19H22N4O6S/c20-30(26,27)15-2-3-16(17(12-15)23(24)25)22-7-5-21(6-8-22)13-14-1-4-18-19(11-14)29-10-9-28-18/h1-4,11-12H,5-10,13H2,(H2,20,26,27). The summed E-state index contributed by atoms with van der Waals surface area (Å²) >= 11 is 0. The minimum Gasteiger partial charge on any atom is -0.486 e. The molecular weight excluding hydrogens is 412 g/mol. The molecule has 0 aliphatic carbocycles. The summed E-state index contributed by atoms with van der Waals surface area (Å²) in [6.07, 6.45) is 0. The summed E-state index contributed by atoms with van der Waals surface area (Å²) in [5.41, 5.74) is 1.24. The number of anilines is 1. The van der Waals surface area contributed by atoms with Crippen molar-refractivity contribution in [1.29, 1.82) is 0 Å². The third-order valence-corrected chi connectivity index (χ3v) is 6.11. The molecule has 0 bridgehead atoms. The predicted molar refractivity (Wildman–Crippen MR) is 109 cm³/mol. The largest absolute Gasteiger partial charge is 0.486 e. The highest BCUT2D eigenvalue weighted by Gasteiger charge is 2.26. The molecule has 0 atom stereocenters. The molecule has 0 saturated carbocycles. The van der Waals surface area contributed by atoms with E-state index in [1.807, 2.05) is 23.1 Å². The first-order chi connectivity index (χ1) is 14.3. The van der Waals surface area contributed by atoms with E-state index in [0.29, 0.717) is 45.1 Å². The quantitative estimate of drug-likeness (QED) is 0.551. The van der Waals surface area contributed by atoms with Gasteiger partial charge in [0, 0.05) is 38.8 Å². The van der Waals surface area contributed by atoms with Gasteiger partial charge in [-0.25, -0.2) is 13.6 Å². The first-order valence-electron chi connectivity index (χ1n) is 9.48. The van der Waals surface area contributed by atoms with E-state index in [4.69, 9.17) is 14.6 Å². The lowest BCUT2D eigenvalue weighted by molar-refractivity contribution is -0.384. The lowest BCUT2D eigenvalue weighted by atomic mass is 10.1. The zero-order valence-corrected chi connectivity index (χ0v) is 17.0. The molecule has 2 heterocycles. The van der Waals surface area contributed by atoms with Gasteiger partial charge in [-0.15, -0.1) is 0 Å². The number of rotatable bonds is 5. The van der Waals surface area contributed by atoms with Crippen molar-refractivity contribution in [2.45, 2.75) is 11.4 Å². The first-order valence-corrected chi connectivity index (χ1v) is 11.0. The molecule has 2 aromatic rings. The molecule has 4 rings (SSSR count). The van der Waals surface area contributed by atoms with Gasteiger partial charge in [-0.2, -0.15) is 0 Å². The van der Waals surface area contributed by atoms with E-state index >= 15 is 0 Å². The fourth-order valence-corrected chi connectivity index (χ4v) is 4.22. The molecule has 0 spiro atoms. The van der Waals surface area contributed by atoms with Gasteiger partial charge < -0.3 is 14.4 Å². The predicted octanol–water partition coefficient (Wildman–Crippen LogP) is 1.34. The van der Waals surface area contributed by atoms with Gasteiger partial charge in [0.2, 0.25) is 10.0 Å². The van der Waals surface area contributed by atoms with Crippen LogP contribution in [0.25, 0.3) is 0 Å². The summed E-state index contributed by atoms with van der Waals surface area (Å²) in [4.78, 5) is 14.8. The number of primary sulfonamides is 1. The molecule has 1 fully saturated rings. The van der Waals surface area contributed by atoms with Crippen molar-refractivity contribution in [3.63, 3.8) is 0 Å².